The molecule has 0 bridgehead atoms. The molecule has 1 aromatic rings. The van der Waals surface area contributed by atoms with Gasteiger partial charge in [0, 0.05) is 6.04 Å². The summed E-state index contributed by atoms with van der Waals surface area (Å²) < 4.78 is 11.4. The quantitative estimate of drug-likeness (QED) is 0.885. The molecule has 1 aromatic carbocycles. The maximum atomic E-state index is 12.4. The lowest BCUT2D eigenvalue weighted by molar-refractivity contribution is -0.142. The number of carboxylic acids is 1. The molecule has 0 aromatic heterocycles. The summed E-state index contributed by atoms with van der Waals surface area (Å²) in [5.41, 5.74) is 0. The van der Waals surface area contributed by atoms with E-state index in [2.05, 4.69) is 5.32 Å². The Hall–Kier alpha value is -2.24. The van der Waals surface area contributed by atoms with Crippen LogP contribution in [0.4, 0.5) is 0 Å². The number of carbonyl (C=O) groups is 2. The highest BCUT2D eigenvalue weighted by Gasteiger charge is 2.37. The van der Waals surface area contributed by atoms with Gasteiger partial charge in [-0.1, -0.05) is 12.1 Å². The molecule has 118 valence electrons. The summed E-state index contributed by atoms with van der Waals surface area (Å²) in [5.74, 6) is -0.234. The predicted molar refractivity (Wildman–Crippen MR) is 77.9 cm³/mol. The topological polar surface area (TPSA) is 84.9 Å². The summed E-state index contributed by atoms with van der Waals surface area (Å²) in [6, 6.07) is 7.12. The van der Waals surface area contributed by atoms with Crippen LogP contribution < -0.4 is 14.8 Å². The highest BCUT2D eigenvalue weighted by Crippen LogP contribution is 2.33. The number of carboxylic acid groups (broad SMARTS) is 1. The monoisotopic (exact) mass is 305 g/mol. The maximum Gasteiger partial charge on any atom is 0.306 e. The van der Waals surface area contributed by atoms with E-state index in [1.165, 1.54) is 0 Å². The molecule has 0 saturated heterocycles. The van der Waals surface area contributed by atoms with Crippen molar-refractivity contribution in [2.45, 2.75) is 44.4 Å². The van der Waals surface area contributed by atoms with E-state index in [0.29, 0.717) is 30.8 Å². The summed E-state index contributed by atoms with van der Waals surface area (Å²) in [5, 5.41) is 11.9. The average molecular weight is 305 g/mol. The molecule has 3 rings (SSSR count). The van der Waals surface area contributed by atoms with Gasteiger partial charge in [-0.25, -0.2) is 0 Å². The van der Waals surface area contributed by atoms with Gasteiger partial charge >= 0.3 is 5.97 Å². The van der Waals surface area contributed by atoms with Gasteiger partial charge in [-0.15, -0.1) is 0 Å². The number of fused-ring (bicyclic) bond motifs is 1. The first-order chi connectivity index (χ1) is 10.5. The summed E-state index contributed by atoms with van der Waals surface area (Å²) in [7, 11) is 0. The van der Waals surface area contributed by atoms with Gasteiger partial charge < -0.3 is 19.9 Å². The highest BCUT2D eigenvalue weighted by molar-refractivity contribution is 5.82. The third kappa shape index (κ3) is 2.86. The van der Waals surface area contributed by atoms with Gasteiger partial charge in [0.2, 0.25) is 6.10 Å². The number of hydrogen-bond donors (Lipinski definition) is 2. The Kier molecular flexibility index (Phi) is 3.92. The Bertz CT molecular complexity index is 588. The number of hydrogen-bond acceptors (Lipinski definition) is 4. The van der Waals surface area contributed by atoms with Gasteiger partial charge in [-0.3, -0.25) is 9.59 Å². The minimum Gasteiger partial charge on any atom is -0.482 e. The number of aliphatic carboxylic acids is 1. The van der Waals surface area contributed by atoms with E-state index in [1.54, 1.807) is 19.1 Å². The fourth-order valence-corrected chi connectivity index (χ4v) is 3.03. The SMILES string of the molecule is CC1Oc2ccccc2OC1C(=O)N[C@@H]1CC[C@H](C(=O)O)C1. The van der Waals surface area contributed by atoms with E-state index in [4.69, 9.17) is 14.6 Å². The van der Waals surface area contributed by atoms with Crippen LogP contribution in [0.2, 0.25) is 0 Å². The second-order valence-electron chi connectivity index (χ2n) is 5.86. The van der Waals surface area contributed by atoms with Crippen LogP contribution in [-0.2, 0) is 9.59 Å². The van der Waals surface area contributed by atoms with E-state index < -0.39 is 18.2 Å². The van der Waals surface area contributed by atoms with Crippen molar-refractivity contribution in [2.75, 3.05) is 0 Å². The minimum atomic E-state index is -0.795. The van der Waals surface area contributed by atoms with Crippen LogP contribution in [0, 0.1) is 5.92 Å². The fraction of sp³-hybridized carbons (Fsp3) is 0.500. The first-order valence-corrected chi connectivity index (χ1v) is 7.50. The van der Waals surface area contributed by atoms with E-state index in [0.717, 1.165) is 0 Å². The van der Waals surface area contributed by atoms with Gasteiger partial charge in [0.15, 0.2) is 11.5 Å². The van der Waals surface area contributed by atoms with Crippen molar-refractivity contribution >= 4 is 11.9 Å². The van der Waals surface area contributed by atoms with Crippen molar-refractivity contribution in [2.24, 2.45) is 5.92 Å². The molecule has 2 N–H and O–H groups in total. The molecule has 0 spiro atoms. The van der Waals surface area contributed by atoms with Crippen LogP contribution in [0.1, 0.15) is 26.2 Å². The Balaban J connectivity index is 1.62. The number of rotatable bonds is 3. The zero-order valence-electron chi connectivity index (χ0n) is 12.3. The molecular formula is C16H19NO5. The molecule has 22 heavy (non-hydrogen) atoms. The Labute approximate surface area is 128 Å². The molecule has 1 saturated carbocycles. The molecule has 2 aliphatic rings. The molecule has 1 heterocycles. The van der Waals surface area contributed by atoms with Crippen LogP contribution in [0.15, 0.2) is 24.3 Å². The number of benzene rings is 1. The fourth-order valence-electron chi connectivity index (χ4n) is 3.03. The second kappa shape index (κ2) is 5.87. The van der Waals surface area contributed by atoms with Crippen molar-refractivity contribution in [1.82, 2.24) is 5.32 Å². The maximum absolute atomic E-state index is 12.4. The van der Waals surface area contributed by atoms with E-state index >= 15 is 0 Å². The van der Waals surface area contributed by atoms with Crippen molar-refractivity contribution in [3.63, 3.8) is 0 Å². The molecule has 2 unspecified atom stereocenters. The molecule has 6 heteroatoms. The number of para-hydroxylation sites is 2. The molecule has 1 aliphatic carbocycles. The molecule has 4 atom stereocenters. The predicted octanol–water partition coefficient (Wildman–Crippen LogP) is 1.58. The van der Waals surface area contributed by atoms with Crippen molar-refractivity contribution in [3.05, 3.63) is 24.3 Å². The number of carbonyl (C=O) groups excluding carboxylic acids is 1. The van der Waals surface area contributed by atoms with E-state index in [-0.39, 0.29) is 17.9 Å². The normalized spacial score (nSPS) is 29.9. The van der Waals surface area contributed by atoms with Gasteiger partial charge in [0.05, 0.1) is 5.92 Å². The van der Waals surface area contributed by atoms with Crippen LogP contribution >= 0.6 is 0 Å². The summed E-state index contributed by atoms with van der Waals surface area (Å²) >= 11 is 0. The van der Waals surface area contributed by atoms with Crippen LogP contribution in [0.5, 0.6) is 11.5 Å². The summed E-state index contributed by atoms with van der Waals surface area (Å²) in [4.78, 5) is 23.4. The molecular weight excluding hydrogens is 286 g/mol. The largest absolute Gasteiger partial charge is 0.482 e. The Morgan fingerprint density at radius 2 is 1.86 bits per heavy atom. The molecule has 0 radical (unpaired) electrons. The van der Waals surface area contributed by atoms with E-state index in [1.807, 2.05) is 12.1 Å². The van der Waals surface area contributed by atoms with Crippen LogP contribution in [0.25, 0.3) is 0 Å². The zero-order valence-corrected chi connectivity index (χ0v) is 12.3. The van der Waals surface area contributed by atoms with Gasteiger partial charge in [0.25, 0.3) is 5.91 Å². The van der Waals surface area contributed by atoms with Gasteiger partial charge in [-0.05, 0) is 38.3 Å². The number of amides is 1. The van der Waals surface area contributed by atoms with Gasteiger partial charge in [-0.2, -0.15) is 0 Å². The van der Waals surface area contributed by atoms with Crippen molar-refractivity contribution in [3.8, 4) is 11.5 Å². The third-order valence-corrected chi connectivity index (χ3v) is 4.23. The summed E-state index contributed by atoms with van der Waals surface area (Å²) in [6.07, 6.45) is 0.632. The first-order valence-electron chi connectivity index (χ1n) is 7.50. The minimum absolute atomic E-state index is 0.110. The summed E-state index contributed by atoms with van der Waals surface area (Å²) in [6.45, 7) is 1.79. The van der Waals surface area contributed by atoms with Crippen LogP contribution in [-0.4, -0.2) is 35.2 Å². The molecule has 1 amide bonds. The van der Waals surface area contributed by atoms with Crippen LogP contribution in [0.3, 0.4) is 0 Å². The highest BCUT2D eigenvalue weighted by atomic mass is 16.6. The Morgan fingerprint density at radius 1 is 1.18 bits per heavy atom. The van der Waals surface area contributed by atoms with Crippen molar-refractivity contribution < 1.29 is 24.2 Å². The number of nitrogens with one attached hydrogen (secondary N) is 1. The lowest BCUT2D eigenvalue weighted by atomic mass is 10.1. The lowest BCUT2D eigenvalue weighted by Crippen LogP contribution is -2.51. The molecule has 6 nitrogen and oxygen atoms in total. The number of ether oxygens (including phenoxy) is 2. The molecule has 1 fully saturated rings. The van der Waals surface area contributed by atoms with Gasteiger partial charge in [0.1, 0.15) is 6.10 Å². The first kappa shape index (κ1) is 14.7. The lowest BCUT2D eigenvalue weighted by Gasteiger charge is -2.31. The average Bonchev–Trinajstić information content (AvgIpc) is 2.95. The van der Waals surface area contributed by atoms with E-state index in [9.17, 15) is 9.59 Å². The zero-order chi connectivity index (χ0) is 15.7. The second-order valence-corrected chi connectivity index (χ2v) is 5.86. The third-order valence-electron chi connectivity index (χ3n) is 4.23. The smallest absolute Gasteiger partial charge is 0.306 e. The standard InChI is InChI=1S/C16H19NO5/c1-9-14(22-13-5-3-2-4-12(13)21-9)15(18)17-11-7-6-10(8-11)16(19)20/h2-5,9-11,14H,6-8H2,1H3,(H,17,18)(H,19,20)/t9?,10-,11+,14?/m0/s1. The van der Waals surface area contributed by atoms with Crippen molar-refractivity contribution in [1.29, 1.82) is 0 Å². The molecule has 1 aliphatic heterocycles. The Morgan fingerprint density at radius 3 is 2.50 bits per heavy atom.